The van der Waals surface area contributed by atoms with Gasteiger partial charge in [-0.05, 0) is 17.7 Å². The van der Waals surface area contributed by atoms with E-state index in [4.69, 9.17) is 20.9 Å². The van der Waals surface area contributed by atoms with Gasteiger partial charge in [-0.3, -0.25) is 0 Å². The van der Waals surface area contributed by atoms with Crippen LogP contribution < -0.4 is 0 Å². The van der Waals surface area contributed by atoms with E-state index in [1.165, 1.54) is 32.1 Å². The van der Waals surface area contributed by atoms with Gasteiger partial charge in [0.2, 0.25) is 0 Å². The van der Waals surface area contributed by atoms with Gasteiger partial charge in [-0.2, -0.15) is 0 Å². The topological polar surface area (TPSA) is 18.5 Å². The Bertz CT molecular complexity index is 226. The summed E-state index contributed by atoms with van der Waals surface area (Å²) in [6, 6.07) is 0. The van der Waals surface area contributed by atoms with Crippen molar-refractivity contribution in [1.82, 2.24) is 0 Å². The molecule has 0 aromatic carbocycles. The summed E-state index contributed by atoms with van der Waals surface area (Å²) in [5, 5.41) is 0. The molecule has 0 unspecified atom stereocenters. The Hall–Kier alpha value is 0.570. The second-order valence-corrected chi connectivity index (χ2v) is 8.57. The number of hydrogen-bond donors (Lipinski definition) is 0. The van der Waals surface area contributed by atoms with Gasteiger partial charge in [0.25, 0.3) is 0 Å². The Morgan fingerprint density at radius 2 is 1.57 bits per heavy atom. The fourth-order valence-electron chi connectivity index (χ4n) is 2.43. The largest absolute Gasteiger partial charge is 0.329 e. The molecule has 1 aliphatic heterocycles. The van der Waals surface area contributed by atoms with Gasteiger partial charge in [-0.25, -0.2) is 0 Å². The van der Waals surface area contributed by atoms with Crippen molar-refractivity contribution in [3.8, 4) is 0 Å². The molecule has 1 heterocycles. The normalized spacial score (nSPS) is 41.1. The molecule has 4 heteroatoms. The molecule has 0 radical (unpaired) electrons. The van der Waals surface area contributed by atoms with Crippen molar-refractivity contribution in [3.63, 3.8) is 0 Å². The minimum Gasteiger partial charge on any atom is -0.329 e. The molecule has 1 saturated carbocycles. The first-order valence-corrected chi connectivity index (χ1v) is 8.62. The minimum absolute atomic E-state index is 0.617. The van der Waals surface area contributed by atoms with Crippen molar-refractivity contribution >= 4 is 18.3 Å². The van der Waals surface area contributed by atoms with Gasteiger partial charge in [0.15, 0.2) is 6.49 Å². The SMILES string of the molecule is CP1(=S)OCC(C2CCCCC2)CO1. The van der Waals surface area contributed by atoms with E-state index in [9.17, 15) is 0 Å². The van der Waals surface area contributed by atoms with Crippen LogP contribution >= 0.6 is 6.49 Å². The summed E-state index contributed by atoms with van der Waals surface area (Å²) in [5.41, 5.74) is 0. The molecule has 1 aliphatic carbocycles. The maximum Gasteiger partial charge on any atom is 0.185 e. The van der Waals surface area contributed by atoms with E-state index >= 15 is 0 Å². The van der Waals surface area contributed by atoms with Crippen LogP contribution in [0.25, 0.3) is 0 Å². The van der Waals surface area contributed by atoms with E-state index in [1.807, 2.05) is 6.66 Å². The molecule has 14 heavy (non-hydrogen) atoms. The molecule has 0 aromatic rings. The van der Waals surface area contributed by atoms with Gasteiger partial charge < -0.3 is 9.05 Å². The van der Waals surface area contributed by atoms with Crippen LogP contribution in [0.1, 0.15) is 32.1 Å². The third kappa shape index (κ3) is 2.79. The first kappa shape index (κ1) is 11.1. The van der Waals surface area contributed by atoms with Crippen molar-refractivity contribution in [2.45, 2.75) is 32.1 Å². The van der Waals surface area contributed by atoms with E-state index in [1.54, 1.807) is 0 Å². The zero-order chi connectivity index (χ0) is 10.0. The van der Waals surface area contributed by atoms with Crippen molar-refractivity contribution < 1.29 is 9.05 Å². The highest BCUT2D eigenvalue weighted by Gasteiger charge is 2.30. The second kappa shape index (κ2) is 4.61. The Morgan fingerprint density at radius 1 is 1.00 bits per heavy atom. The smallest absolute Gasteiger partial charge is 0.185 e. The summed E-state index contributed by atoms with van der Waals surface area (Å²) in [6.45, 7) is 1.78. The Labute approximate surface area is 91.5 Å². The van der Waals surface area contributed by atoms with Gasteiger partial charge in [-0.15, -0.1) is 0 Å². The minimum atomic E-state index is -1.84. The highest BCUT2D eigenvalue weighted by molar-refractivity contribution is 8.09. The first-order chi connectivity index (χ1) is 6.67. The van der Waals surface area contributed by atoms with E-state index in [2.05, 4.69) is 0 Å². The van der Waals surface area contributed by atoms with E-state index in [0.717, 1.165) is 19.1 Å². The Balaban J connectivity index is 1.85. The number of hydrogen-bond acceptors (Lipinski definition) is 3. The molecule has 1 saturated heterocycles. The second-order valence-electron chi connectivity index (χ2n) is 4.52. The summed E-state index contributed by atoms with van der Waals surface area (Å²) >= 11 is 5.22. The molecule has 2 fully saturated rings. The van der Waals surface area contributed by atoms with Crippen molar-refractivity contribution in [1.29, 1.82) is 0 Å². The van der Waals surface area contributed by atoms with Crippen LogP contribution in [-0.2, 0) is 20.9 Å². The average Bonchev–Trinajstić information content (AvgIpc) is 2.19. The van der Waals surface area contributed by atoms with Crippen molar-refractivity contribution in [2.75, 3.05) is 19.9 Å². The Morgan fingerprint density at radius 3 is 2.14 bits per heavy atom. The lowest BCUT2D eigenvalue weighted by atomic mass is 9.81. The lowest BCUT2D eigenvalue weighted by Gasteiger charge is -2.35. The summed E-state index contributed by atoms with van der Waals surface area (Å²) in [7, 11) is 0. The van der Waals surface area contributed by atoms with E-state index in [-0.39, 0.29) is 0 Å². The maximum atomic E-state index is 5.63. The highest BCUT2D eigenvalue weighted by Crippen LogP contribution is 2.49. The van der Waals surface area contributed by atoms with Gasteiger partial charge in [0.05, 0.1) is 13.2 Å². The molecule has 0 amide bonds. The molecule has 2 rings (SSSR count). The highest BCUT2D eigenvalue weighted by atomic mass is 32.5. The van der Waals surface area contributed by atoms with Gasteiger partial charge in [0.1, 0.15) is 0 Å². The molecular weight excluding hydrogens is 215 g/mol. The summed E-state index contributed by atoms with van der Waals surface area (Å²) in [4.78, 5) is 0. The monoisotopic (exact) mass is 234 g/mol. The average molecular weight is 234 g/mol. The number of rotatable bonds is 1. The fraction of sp³-hybridized carbons (Fsp3) is 1.00. The summed E-state index contributed by atoms with van der Waals surface area (Å²) in [5.74, 6) is 1.45. The van der Waals surface area contributed by atoms with E-state index in [0.29, 0.717) is 5.92 Å². The van der Waals surface area contributed by atoms with Gasteiger partial charge in [-0.1, -0.05) is 32.1 Å². The van der Waals surface area contributed by atoms with Crippen LogP contribution in [0, 0.1) is 11.8 Å². The van der Waals surface area contributed by atoms with Crippen molar-refractivity contribution in [2.24, 2.45) is 11.8 Å². The maximum absolute atomic E-state index is 5.63. The molecule has 2 aliphatic rings. The third-order valence-corrected chi connectivity index (χ3v) is 5.23. The fourth-order valence-corrected chi connectivity index (χ4v) is 3.79. The standard InChI is InChI=1S/C10H19O2PS/c1-13(14)11-7-10(8-12-13)9-5-3-2-4-6-9/h9-10H,2-8H2,1H3. The van der Waals surface area contributed by atoms with Crippen LogP contribution in [-0.4, -0.2) is 19.9 Å². The molecular formula is C10H19O2PS. The molecule has 82 valence electrons. The molecule has 2 nitrogen and oxygen atoms in total. The first-order valence-electron chi connectivity index (χ1n) is 5.54. The third-order valence-electron chi connectivity index (χ3n) is 3.36. The molecule has 0 atom stereocenters. The summed E-state index contributed by atoms with van der Waals surface area (Å²) < 4.78 is 11.3. The van der Waals surface area contributed by atoms with Gasteiger partial charge in [0, 0.05) is 12.6 Å². The van der Waals surface area contributed by atoms with Crippen LogP contribution in [0.4, 0.5) is 0 Å². The van der Waals surface area contributed by atoms with Crippen LogP contribution in [0.2, 0.25) is 0 Å². The van der Waals surface area contributed by atoms with Gasteiger partial charge >= 0.3 is 0 Å². The summed E-state index contributed by atoms with van der Waals surface area (Å²) in [6.07, 6.45) is 6.92. The lowest BCUT2D eigenvalue weighted by Crippen LogP contribution is -2.29. The predicted octanol–water partition coefficient (Wildman–Crippen LogP) is 3.17. The lowest BCUT2D eigenvalue weighted by molar-refractivity contribution is 0.0683. The van der Waals surface area contributed by atoms with E-state index < -0.39 is 6.49 Å². The molecule has 0 aromatic heterocycles. The van der Waals surface area contributed by atoms with Crippen LogP contribution in [0.5, 0.6) is 0 Å². The predicted molar refractivity (Wildman–Crippen MR) is 62.2 cm³/mol. The van der Waals surface area contributed by atoms with Crippen LogP contribution in [0.3, 0.4) is 0 Å². The van der Waals surface area contributed by atoms with Crippen molar-refractivity contribution in [3.05, 3.63) is 0 Å². The zero-order valence-corrected chi connectivity index (χ0v) is 10.5. The zero-order valence-electron chi connectivity index (χ0n) is 8.78. The molecule has 0 N–H and O–H groups in total. The van der Waals surface area contributed by atoms with Crippen LogP contribution in [0.15, 0.2) is 0 Å². The molecule has 0 spiro atoms. The Kier molecular flexibility index (Phi) is 3.64. The quantitative estimate of drug-likeness (QED) is 0.649. The molecule has 0 bridgehead atoms.